The zero-order chi connectivity index (χ0) is 18.1. The molecule has 0 saturated heterocycles. The van der Waals surface area contributed by atoms with Gasteiger partial charge in [-0.3, -0.25) is 4.79 Å². The molecule has 0 N–H and O–H groups in total. The standard InChI is InChI=1S/C22H27NO2/c1-14(2)19-11-10-15(3)12-21(19)25-17(5)22(24)23-16(4)13-18-8-6-7-9-20(18)23/h6-12,14,16-17H,13H2,1-5H3/t16-,17-/m1/s1. The van der Waals surface area contributed by atoms with E-state index >= 15 is 0 Å². The van der Waals surface area contributed by atoms with Crippen LogP contribution in [0.1, 0.15) is 50.3 Å². The highest BCUT2D eigenvalue weighted by atomic mass is 16.5. The molecule has 2 aromatic carbocycles. The number of benzene rings is 2. The number of hydrogen-bond acceptors (Lipinski definition) is 2. The summed E-state index contributed by atoms with van der Waals surface area (Å²) in [4.78, 5) is 15.0. The molecule has 0 unspecified atom stereocenters. The lowest BCUT2D eigenvalue weighted by Gasteiger charge is -2.27. The number of amides is 1. The van der Waals surface area contributed by atoms with Crippen molar-refractivity contribution in [2.45, 2.75) is 59.1 Å². The van der Waals surface area contributed by atoms with Crippen molar-refractivity contribution in [3.05, 3.63) is 59.2 Å². The molecule has 0 spiro atoms. The highest BCUT2D eigenvalue weighted by Gasteiger charge is 2.34. The van der Waals surface area contributed by atoms with Crippen LogP contribution in [0.5, 0.6) is 5.75 Å². The Labute approximate surface area is 150 Å². The third kappa shape index (κ3) is 3.41. The zero-order valence-electron chi connectivity index (χ0n) is 15.7. The number of nitrogens with zero attached hydrogens (tertiary/aromatic N) is 1. The molecule has 1 amide bonds. The smallest absolute Gasteiger partial charge is 0.268 e. The van der Waals surface area contributed by atoms with Crippen LogP contribution in [0.2, 0.25) is 0 Å². The Morgan fingerprint density at radius 2 is 1.88 bits per heavy atom. The summed E-state index contributed by atoms with van der Waals surface area (Å²) in [5, 5.41) is 0. The maximum absolute atomic E-state index is 13.1. The molecular formula is C22H27NO2. The molecule has 0 radical (unpaired) electrons. The number of hydrogen-bond donors (Lipinski definition) is 0. The Morgan fingerprint density at radius 3 is 2.60 bits per heavy atom. The van der Waals surface area contributed by atoms with Gasteiger partial charge < -0.3 is 9.64 Å². The summed E-state index contributed by atoms with van der Waals surface area (Å²) in [5.74, 6) is 1.19. The number of fused-ring (bicyclic) bond motifs is 1. The van der Waals surface area contributed by atoms with Crippen molar-refractivity contribution in [3.63, 3.8) is 0 Å². The minimum atomic E-state index is -0.520. The van der Waals surface area contributed by atoms with Crippen LogP contribution in [0.3, 0.4) is 0 Å². The van der Waals surface area contributed by atoms with Crippen molar-refractivity contribution in [3.8, 4) is 5.75 Å². The van der Waals surface area contributed by atoms with Gasteiger partial charge in [0.05, 0.1) is 0 Å². The van der Waals surface area contributed by atoms with Gasteiger partial charge in [0.2, 0.25) is 0 Å². The van der Waals surface area contributed by atoms with Crippen molar-refractivity contribution in [1.29, 1.82) is 0 Å². The van der Waals surface area contributed by atoms with E-state index in [9.17, 15) is 4.79 Å². The first-order valence-electron chi connectivity index (χ1n) is 9.06. The Bertz CT molecular complexity index is 781. The average molecular weight is 337 g/mol. The van der Waals surface area contributed by atoms with Crippen molar-refractivity contribution < 1.29 is 9.53 Å². The van der Waals surface area contributed by atoms with Gasteiger partial charge in [0.1, 0.15) is 5.75 Å². The Balaban J connectivity index is 1.84. The first-order valence-corrected chi connectivity index (χ1v) is 9.06. The summed E-state index contributed by atoms with van der Waals surface area (Å²) in [6.07, 6.45) is 0.379. The van der Waals surface area contributed by atoms with Crippen LogP contribution in [-0.2, 0) is 11.2 Å². The van der Waals surface area contributed by atoms with Gasteiger partial charge in [-0.15, -0.1) is 0 Å². The number of carbonyl (C=O) groups excluding carboxylic acids is 1. The van der Waals surface area contributed by atoms with Crippen molar-refractivity contribution in [1.82, 2.24) is 0 Å². The molecule has 0 bridgehead atoms. The van der Waals surface area contributed by atoms with Gasteiger partial charge >= 0.3 is 0 Å². The maximum atomic E-state index is 13.1. The van der Waals surface area contributed by atoms with E-state index < -0.39 is 6.10 Å². The molecule has 3 nitrogen and oxygen atoms in total. The average Bonchev–Trinajstić information content (AvgIpc) is 2.89. The van der Waals surface area contributed by atoms with E-state index in [0.29, 0.717) is 5.92 Å². The minimum Gasteiger partial charge on any atom is -0.481 e. The van der Waals surface area contributed by atoms with E-state index in [4.69, 9.17) is 4.74 Å². The topological polar surface area (TPSA) is 29.5 Å². The van der Waals surface area contributed by atoms with E-state index in [1.807, 2.05) is 43.0 Å². The molecule has 1 aliphatic rings. The minimum absolute atomic E-state index is 0.0219. The largest absolute Gasteiger partial charge is 0.481 e. The Kier molecular flexibility index (Phi) is 4.85. The third-order valence-electron chi connectivity index (χ3n) is 4.89. The fourth-order valence-corrected chi connectivity index (χ4v) is 3.56. The monoisotopic (exact) mass is 337 g/mol. The number of para-hydroxylation sites is 1. The maximum Gasteiger partial charge on any atom is 0.268 e. The third-order valence-corrected chi connectivity index (χ3v) is 4.89. The van der Waals surface area contributed by atoms with Gasteiger partial charge in [0.25, 0.3) is 5.91 Å². The van der Waals surface area contributed by atoms with Crippen LogP contribution in [0.4, 0.5) is 5.69 Å². The molecule has 1 aliphatic heterocycles. The molecule has 0 aromatic heterocycles. The molecule has 0 aliphatic carbocycles. The lowest BCUT2D eigenvalue weighted by atomic mass is 10.0. The molecule has 2 aromatic rings. The zero-order valence-corrected chi connectivity index (χ0v) is 15.7. The lowest BCUT2D eigenvalue weighted by molar-refractivity contribution is -0.124. The van der Waals surface area contributed by atoms with Crippen LogP contribution in [0.15, 0.2) is 42.5 Å². The molecule has 132 valence electrons. The number of rotatable bonds is 4. The molecule has 3 rings (SSSR count). The second-order valence-corrected chi connectivity index (χ2v) is 7.35. The van der Waals surface area contributed by atoms with Gasteiger partial charge in [-0.25, -0.2) is 0 Å². The second-order valence-electron chi connectivity index (χ2n) is 7.35. The molecular weight excluding hydrogens is 310 g/mol. The van der Waals surface area contributed by atoms with Gasteiger partial charge in [-0.05, 0) is 61.9 Å². The first-order chi connectivity index (χ1) is 11.9. The predicted octanol–water partition coefficient (Wildman–Crippen LogP) is 4.86. The van der Waals surface area contributed by atoms with Gasteiger partial charge in [-0.2, -0.15) is 0 Å². The lowest BCUT2D eigenvalue weighted by Crippen LogP contribution is -2.43. The molecule has 0 fully saturated rings. The van der Waals surface area contributed by atoms with Crippen LogP contribution < -0.4 is 9.64 Å². The number of anilines is 1. The SMILES string of the molecule is Cc1ccc(C(C)C)c(O[C@H](C)C(=O)N2c3ccccc3C[C@H]2C)c1. The molecule has 1 heterocycles. The molecule has 3 heteroatoms. The van der Waals surface area contributed by atoms with Crippen LogP contribution in [0.25, 0.3) is 0 Å². The Hall–Kier alpha value is -2.29. The number of ether oxygens (including phenoxy) is 1. The quantitative estimate of drug-likeness (QED) is 0.797. The van der Waals surface area contributed by atoms with E-state index in [-0.39, 0.29) is 11.9 Å². The van der Waals surface area contributed by atoms with E-state index in [1.54, 1.807) is 0 Å². The van der Waals surface area contributed by atoms with E-state index in [0.717, 1.165) is 29.0 Å². The van der Waals surface area contributed by atoms with E-state index in [2.05, 4.69) is 39.0 Å². The molecule has 2 atom stereocenters. The second kappa shape index (κ2) is 6.91. The molecule has 0 saturated carbocycles. The summed E-state index contributed by atoms with van der Waals surface area (Å²) >= 11 is 0. The van der Waals surface area contributed by atoms with Gasteiger partial charge in [-0.1, -0.05) is 44.2 Å². The Morgan fingerprint density at radius 1 is 1.16 bits per heavy atom. The summed E-state index contributed by atoms with van der Waals surface area (Å²) < 4.78 is 6.13. The van der Waals surface area contributed by atoms with E-state index in [1.165, 1.54) is 5.56 Å². The fourth-order valence-electron chi connectivity index (χ4n) is 3.56. The highest BCUT2D eigenvalue weighted by molar-refractivity contribution is 5.99. The van der Waals surface area contributed by atoms with Crippen LogP contribution in [-0.4, -0.2) is 18.1 Å². The number of carbonyl (C=O) groups is 1. The van der Waals surface area contributed by atoms with Crippen molar-refractivity contribution in [2.75, 3.05) is 4.90 Å². The van der Waals surface area contributed by atoms with Crippen molar-refractivity contribution in [2.24, 2.45) is 0 Å². The first kappa shape index (κ1) is 17.5. The number of aryl methyl sites for hydroxylation is 1. The van der Waals surface area contributed by atoms with Crippen molar-refractivity contribution >= 4 is 11.6 Å². The predicted molar refractivity (Wildman–Crippen MR) is 102 cm³/mol. The molecule has 25 heavy (non-hydrogen) atoms. The van der Waals surface area contributed by atoms with Gasteiger partial charge in [0, 0.05) is 11.7 Å². The summed E-state index contributed by atoms with van der Waals surface area (Å²) in [7, 11) is 0. The van der Waals surface area contributed by atoms with Gasteiger partial charge in [0.15, 0.2) is 6.10 Å². The summed E-state index contributed by atoms with van der Waals surface area (Å²) in [5.41, 5.74) is 4.52. The summed E-state index contributed by atoms with van der Waals surface area (Å²) in [6, 6.07) is 14.5. The summed E-state index contributed by atoms with van der Waals surface area (Å²) in [6.45, 7) is 10.3. The van der Waals surface area contributed by atoms with Crippen LogP contribution >= 0.6 is 0 Å². The van der Waals surface area contributed by atoms with Crippen LogP contribution in [0, 0.1) is 6.92 Å². The normalized spacial score (nSPS) is 17.5. The highest BCUT2D eigenvalue weighted by Crippen LogP contribution is 2.33. The fraction of sp³-hybridized carbons (Fsp3) is 0.409.